The summed E-state index contributed by atoms with van der Waals surface area (Å²) in [6, 6.07) is 19.2. The highest BCUT2D eigenvalue weighted by molar-refractivity contribution is 5.89. The van der Waals surface area contributed by atoms with Crippen molar-refractivity contribution in [1.82, 2.24) is 9.80 Å². The zero-order valence-corrected chi connectivity index (χ0v) is 18.1. The molecule has 29 heavy (non-hydrogen) atoms. The standard InChI is InChI=1S/C25H35N3O/c1-4-8-21(3)27-17-15-24(16-18-27)28(19-22-9-6-5-7-10-22)25(29)26-23-13-11-20(2)12-14-23/h5-7,9-14,21,24H,4,8,15-19H2,1-3H3,(H,26,29). The first kappa shape index (κ1) is 21.4. The van der Waals surface area contributed by atoms with E-state index in [1.165, 1.54) is 24.0 Å². The molecule has 0 aromatic heterocycles. The van der Waals surface area contributed by atoms with Crippen LogP contribution in [0.2, 0.25) is 0 Å². The lowest BCUT2D eigenvalue weighted by Gasteiger charge is -2.40. The molecule has 3 rings (SSSR count). The summed E-state index contributed by atoms with van der Waals surface area (Å²) >= 11 is 0. The van der Waals surface area contributed by atoms with Gasteiger partial charge < -0.3 is 15.1 Å². The molecule has 0 spiro atoms. The first-order valence-corrected chi connectivity index (χ1v) is 11.0. The van der Waals surface area contributed by atoms with E-state index in [1.54, 1.807) is 0 Å². The molecule has 1 saturated heterocycles. The Morgan fingerprint density at radius 1 is 1.10 bits per heavy atom. The number of hydrogen-bond acceptors (Lipinski definition) is 2. The van der Waals surface area contributed by atoms with Crippen molar-refractivity contribution in [3.05, 3.63) is 65.7 Å². The number of benzene rings is 2. The van der Waals surface area contributed by atoms with Crippen LogP contribution in [0.25, 0.3) is 0 Å². The molecule has 2 aromatic rings. The molecule has 1 aliphatic rings. The number of nitrogens with one attached hydrogen (secondary N) is 1. The molecule has 0 bridgehead atoms. The first-order chi connectivity index (χ1) is 14.1. The maximum absolute atomic E-state index is 13.2. The van der Waals surface area contributed by atoms with Crippen LogP contribution in [0.3, 0.4) is 0 Å². The molecular weight excluding hydrogens is 358 g/mol. The van der Waals surface area contributed by atoms with Gasteiger partial charge in [-0.3, -0.25) is 0 Å². The van der Waals surface area contributed by atoms with Gasteiger partial charge in [-0.25, -0.2) is 4.79 Å². The smallest absolute Gasteiger partial charge is 0.317 e. The number of rotatable bonds is 7. The van der Waals surface area contributed by atoms with E-state index in [2.05, 4.69) is 43.1 Å². The van der Waals surface area contributed by atoms with Gasteiger partial charge in [0, 0.05) is 37.4 Å². The van der Waals surface area contributed by atoms with Crippen molar-refractivity contribution in [2.45, 2.75) is 65.1 Å². The molecule has 2 aromatic carbocycles. The van der Waals surface area contributed by atoms with Crippen molar-refractivity contribution in [3.63, 3.8) is 0 Å². The minimum atomic E-state index is -0.00207. The lowest BCUT2D eigenvalue weighted by molar-refractivity contribution is 0.0989. The van der Waals surface area contributed by atoms with Gasteiger partial charge in [0.15, 0.2) is 0 Å². The zero-order chi connectivity index (χ0) is 20.6. The van der Waals surface area contributed by atoms with Crippen molar-refractivity contribution < 1.29 is 4.79 Å². The number of carbonyl (C=O) groups excluding carboxylic acids is 1. The molecule has 1 unspecified atom stereocenters. The highest BCUT2D eigenvalue weighted by Gasteiger charge is 2.29. The summed E-state index contributed by atoms with van der Waals surface area (Å²) in [5, 5.41) is 3.11. The third-order valence-corrected chi connectivity index (χ3v) is 6.03. The Kier molecular flexibility index (Phi) is 7.70. The molecule has 1 atom stereocenters. The molecule has 156 valence electrons. The van der Waals surface area contributed by atoms with Gasteiger partial charge in [0.1, 0.15) is 0 Å². The molecule has 4 nitrogen and oxygen atoms in total. The number of amides is 2. The van der Waals surface area contributed by atoms with E-state index in [-0.39, 0.29) is 12.1 Å². The van der Waals surface area contributed by atoms with Gasteiger partial charge in [-0.05, 0) is 50.8 Å². The number of anilines is 1. The Labute approximate surface area is 175 Å². The van der Waals surface area contributed by atoms with Crippen LogP contribution >= 0.6 is 0 Å². The van der Waals surface area contributed by atoms with E-state index in [0.29, 0.717) is 12.6 Å². The van der Waals surface area contributed by atoms with Crippen molar-refractivity contribution in [2.24, 2.45) is 0 Å². The first-order valence-electron chi connectivity index (χ1n) is 11.0. The summed E-state index contributed by atoms with van der Waals surface area (Å²) in [4.78, 5) is 17.8. The zero-order valence-electron chi connectivity index (χ0n) is 18.1. The van der Waals surface area contributed by atoms with E-state index in [1.807, 2.05) is 47.4 Å². The molecule has 0 radical (unpaired) electrons. The average Bonchev–Trinajstić information content (AvgIpc) is 2.74. The van der Waals surface area contributed by atoms with E-state index >= 15 is 0 Å². The van der Waals surface area contributed by atoms with Crippen LogP contribution in [-0.2, 0) is 6.54 Å². The van der Waals surface area contributed by atoms with Crippen LogP contribution in [0.1, 0.15) is 50.7 Å². The second-order valence-electron chi connectivity index (χ2n) is 8.31. The van der Waals surface area contributed by atoms with Gasteiger partial charge in [-0.2, -0.15) is 0 Å². The van der Waals surface area contributed by atoms with Gasteiger partial charge >= 0.3 is 6.03 Å². The van der Waals surface area contributed by atoms with Crippen molar-refractivity contribution in [2.75, 3.05) is 18.4 Å². The fourth-order valence-electron chi connectivity index (χ4n) is 4.22. The summed E-state index contributed by atoms with van der Waals surface area (Å²) < 4.78 is 0. The lowest BCUT2D eigenvalue weighted by atomic mass is 10.00. The number of urea groups is 1. The molecule has 1 heterocycles. The van der Waals surface area contributed by atoms with Gasteiger partial charge in [-0.1, -0.05) is 61.4 Å². The van der Waals surface area contributed by atoms with Crippen LogP contribution < -0.4 is 5.32 Å². The van der Waals surface area contributed by atoms with E-state index in [4.69, 9.17) is 0 Å². The van der Waals surface area contributed by atoms with Crippen LogP contribution in [0.5, 0.6) is 0 Å². The molecule has 0 saturated carbocycles. The topological polar surface area (TPSA) is 35.6 Å². The Bertz CT molecular complexity index is 751. The normalized spacial score (nSPS) is 16.4. The van der Waals surface area contributed by atoms with E-state index in [9.17, 15) is 4.79 Å². The largest absolute Gasteiger partial charge is 0.322 e. The average molecular weight is 394 g/mol. The molecular formula is C25H35N3O. The second-order valence-corrected chi connectivity index (χ2v) is 8.31. The lowest BCUT2D eigenvalue weighted by Crippen LogP contribution is -2.50. The van der Waals surface area contributed by atoms with Gasteiger partial charge in [0.25, 0.3) is 0 Å². The molecule has 2 amide bonds. The predicted molar refractivity (Wildman–Crippen MR) is 121 cm³/mol. The monoisotopic (exact) mass is 393 g/mol. The molecule has 1 fully saturated rings. The summed E-state index contributed by atoms with van der Waals surface area (Å²) in [5.74, 6) is 0. The number of piperidine rings is 1. The number of likely N-dealkylation sites (tertiary alicyclic amines) is 1. The summed E-state index contributed by atoms with van der Waals surface area (Å²) in [6.45, 7) is 9.41. The minimum absolute atomic E-state index is 0.00207. The van der Waals surface area contributed by atoms with Crippen LogP contribution in [0, 0.1) is 6.92 Å². The summed E-state index contributed by atoms with van der Waals surface area (Å²) in [6.07, 6.45) is 4.52. The Hall–Kier alpha value is -2.33. The molecule has 1 aliphatic heterocycles. The number of nitrogens with zero attached hydrogens (tertiary/aromatic N) is 2. The van der Waals surface area contributed by atoms with Crippen LogP contribution in [0.4, 0.5) is 10.5 Å². The number of hydrogen-bond donors (Lipinski definition) is 1. The fraction of sp³-hybridized carbons (Fsp3) is 0.480. The Morgan fingerprint density at radius 2 is 1.76 bits per heavy atom. The number of aryl methyl sites for hydroxylation is 1. The molecule has 0 aliphatic carbocycles. The second kappa shape index (κ2) is 10.4. The van der Waals surface area contributed by atoms with E-state index in [0.717, 1.165) is 31.6 Å². The van der Waals surface area contributed by atoms with E-state index < -0.39 is 0 Å². The van der Waals surface area contributed by atoms with Crippen molar-refractivity contribution >= 4 is 11.7 Å². The highest BCUT2D eigenvalue weighted by Crippen LogP contribution is 2.23. The third-order valence-electron chi connectivity index (χ3n) is 6.03. The summed E-state index contributed by atoms with van der Waals surface area (Å²) in [7, 11) is 0. The third kappa shape index (κ3) is 6.07. The summed E-state index contributed by atoms with van der Waals surface area (Å²) in [5.41, 5.74) is 3.22. The van der Waals surface area contributed by atoms with Crippen molar-refractivity contribution in [3.8, 4) is 0 Å². The SMILES string of the molecule is CCCC(C)N1CCC(N(Cc2ccccc2)C(=O)Nc2ccc(C)cc2)CC1. The number of carbonyl (C=O) groups is 1. The Morgan fingerprint density at radius 3 is 2.38 bits per heavy atom. The maximum atomic E-state index is 13.2. The van der Waals surface area contributed by atoms with Gasteiger partial charge in [0.2, 0.25) is 0 Å². The maximum Gasteiger partial charge on any atom is 0.322 e. The van der Waals surface area contributed by atoms with Crippen LogP contribution in [0.15, 0.2) is 54.6 Å². The predicted octanol–water partition coefficient (Wildman–Crippen LogP) is 5.68. The van der Waals surface area contributed by atoms with Crippen molar-refractivity contribution in [1.29, 1.82) is 0 Å². The fourth-order valence-corrected chi connectivity index (χ4v) is 4.22. The minimum Gasteiger partial charge on any atom is -0.317 e. The van der Waals surface area contributed by atoms with Gasteiger partial charge in [-0.15, -0.1) is 0 Å². The van der Waals surface area contributed by atoms with Gasteiger partial charge in [0.05, 0.1) is 0 Å². The Balaban J connectivity index is 1.69. The molecule has 1 N–H and O–H groups in total. The van der Waals surface area contributed by atoms with Crippen LogP contribution in [-0.4, -0.2) is 41.0 Å². The quantitative estimate of drug-likeness (QED) is 0.657. The highest BCUT2D eigenvalue weighted by atomic mass is 16.2. The molecule has 4 heteroatoms.